The largest absolute Gasteiger partial charge is 0.463 e. The Bertz CT molecular complexity index is 294. The molecule has 0 aliphatic heterocycles. The van der Waals surface area contributed by atoms with E-state index in [-0.39, 0.29) is 5.97 Å². The van der Waals surface area contributed by atoms with Gasteiger partial charge in [-0.05, 0) is 38.0 Å². The molecule has 2 unspecified atom stereocenters. The van der Waals surface area contributed by atoms with Gasteiger partial charge in [-0.15, -0.1) is 6.58 Å². The van der Waals surface area contributed by atoms with Gasteiger partial charge in [-0.1, -0.05) is 58.1 Å². The van der Waals surface area contributed by atoms with E-state index in [1.807, 2.05) is 19.1 Å². The number of allylic oxidation sites excluding steroid dienone is 2. The van der Waals surface area contributed by atoms with Crippen LogP contribution in [0.3, 0.4) is 0 Å². The second-order valence-corrected chi connectivity index (χ2v) is 5.67. The van der Waals surface area contributed by atoms with Gasteiger partial charge in [0.2, 0.25) is 0 Å². The first-order valence-corrected chi connectivity index (χ1v) is 8.65. The normalized spacial score (nSPS) is 14.0. The predicted molar refractivity (Wildman–Crippen MR) is 91.2 cm³/mol. The summed E-state index contributed by atoms with van der Waals surface area (Å²) in [5.41, 5.74) is 0. The van der Waals surface area contributed by atoms with Crippen LogP contribution in [0.15, 0.2) is 24.8 Å². The second-order valence-electron chi connectivity index (χ2n) is 5.67. The monoisotopic (exact) mass is 294 g/mol. The summed E-state index contributed by atoms with van der Waals surface area (Å²) < 4.78 is 4.96. The summed E-state index contributed by atoms with van der Waals surface area (Å²) in [4.78, 5) is 11.4. The van der Waals surface area contributed by atoms with E-state index in [9.17, 15) is 4.79 Å². The van der Waals surface area contributed by atoms with Gasteiger partial charge in [0.25, 0.3) is 0 Å². The Labute approximate surface area is 131 Å². The van der Waals surface area contributed by atoms with E-state index in [2.05, 4.69) is 20.4 Å². The van der Waals surface area contributed by atoms with Crippen LogP contribution in [0.1, 0.15) is 72.1 Å². The van der Waals surface area contributed by atoms with E-state index < -0.39 is 0 Å². The zero-order chi connectivity index (χ0) is 15.9. The molecule has 2 nitrogen and oxygen atoms in total. The number of ether oxygens (including phenoxy) is 1. The smallest absolute Gasteiger partial charge is 0.330 e. The van der Waals surface area contributed by atoms with Crippen LogP contribution in [0.2, 0.25) is 0 Å². The topological polar surface area (TPSA) is 26.3 Å². The summed E-state index contributed by atoms with van der Waals surface area (Å²) in [5.74, 6) is 0.814. The zero-order valence-electron chi connectivity index (χ0n) is 14.3. The molecular weight excluding hydrogens is 260 g/mol. The molecule has 0 radical (unpaired) electrons. The first-order chi connectivity index (χ1) is 10.2. The van der Waals surface area contributed by atoms with Crippen molar-refractivity contribution in [2.45, 2.75) is 72.1 Å². The van der Waals surface area contributed by atoms with Crippen LogP contribution in [0.5, 0.6) is 0 Å². The Morgan fingerprint density at radius 1 is 1.14 bits per heavy atom. The van der Waals surface area contributed by atoms with Crippen molar-refractivity contribution < 1.29 is 9.53 Å². The van der Waals surface area contributed by atoms with Gasteiger partial charge in [0.05, 0.1) is 6.61 Å². The molecule has 122 valence electrons. The van der Waals surface area contributed by atoms with E-state index >= 15 is 0 Å². The molecular formula is C19H34O2. The highest BCUT2D eigenvalue weighted by Gasteiger charge is 2.16. The molecule has 0 aliphatic rings. The van der Waals surface area contributed by atoms with Crippen LogP contribution in [0, 0.1) is 11.8 Å². The summed E-state index contributed by atoms with van der Waals surface area (Å²) in [6.07, 6.45) is 15.5. The van der Waals surface area contributed by atoms with Gasteiger partial charge in [0.15, 0.2) is 0 Å². The Hall–Kier alpha value is -1.05. The summed E-state index contributed by atoms with van der Waals surface area (Å²) >= 11 is 0. The van der Waals surface area contributed by atoms with Crippen molar-refractivity contribution in [2.24, 2.45) is 11.8 Å². The lowest BCUT2D eigenvalue weighted by Gasteiger charge is -2.22. The van der Waals surface area contributed by atoms with Gasteiger partial charge in [-0.3, -0.25) is 0 Å². The molecule has 0 rings (SSSR count). The standard InChI is InChI=1S/C19H34O2/c1-5-9-10-11-12-14-18(13-6-2)17(7-3)15-16-19(20)21-8-4/h6,15-18H,2,5,7-14H2,1,3-4H3/b16-15+. The molecule has 0 N–H and O–H groups in total. The molecule has 0 aromatic rings. The van der Waals surface area contributed by atoms with Gasteiger partial charge >= 0.3 is 5.97 Å². The quantitative estimate of drug-likeness (QED) is 0.189. The van der Waals surface area contributed by atoms with E-state index in [1.165, 1.54) is 38.5 Å². The van der Waals surface area contributed by atoms with Gasteiger partial charge < -0.3 is 4.74 Å². The fourth-order valence-corrected chi connectivity index (χ4v) is 2.75. The van der Waals surface area contributed by atoms with E-state index in [1.54, 1.807) is 6.08 Å². The summed E-state index contributed by atoms with van der Waals surface area (Å²) in [5, 5.41) is 0. The summed E-state index contributed by atoms with van der Waals surface area (Å²) in [6, 6.07) is 0. The summed E-state index contributed by atoms with van der Waals surface area (Å²) in [6.45, 7) is 10.6. The maximum atomic E-state index is 11.4. The van der Waals surface area contributed by atoms with Crippen molar-refractivity contribution in [2.75, 3.05) is 6.61 Å². The Morgan fingerprint density at radius 2 is 1.86 bits per heavy atom. The Kier molecular flexibility index (Phi) is 13.2. The predicted octanol–water partition coefficient (Wildman–Crippen LogP) is 5.68. The third-order valence-corrected chi connectivity index (χ3v) is 3.99. The van der Waals surface area contributed by atoms with Crippen LogP contribution >= 0.6 is 0 Å². The van der Waals surface area contributed by atoms with Gasteiger partial charge in [0.1, 0.15) is 0 Å². The number of carbonyl (C=O) groups is 1. The van der Waals surface area contributed by atoms with Crippen LogP contribution in [-0.4, -0.2) is 12.6 Å². The SMILES string of the molecule is C=CCC(CCCCCCC)C(/C=C/C(=O)OCC)CC. The number of carbonyl (C=O) groups excluding carboxylic acids is 1. The van der Waals surface area contributed by atoms with Crippen LogP contribution < -0.4 is 0 Å². The maximum Gasteiger partial charge on any atom is 0.330 e. The first kappa shape index (κ1) is 19.9. The van der Waals surface area contributed by atoms with Crippen molar-refractivity contribution in [3.8, 4) is 0 Å². The number of unbranched alkanes of at least 4 members (excludes halogenated alkanes) is 4. The average Bonchev–Trinajstić information content (AvgIpc) is 2.47. The molecule has 0 saturated heterocycles. The van der Waals surface area contributed by atoms with Crippen molar-refractivity contribution in [3.05, 3.63) is 24.8 Å². The fraction of sp³-hybridized carbons (Fsp3) is 0.737. The van der Waals surface area contributed by atoms with Crippen molar-refractivity contribution in [1.82, 2.24) is 0 Å². The number of esters is 1. The number of hydrogen-bond donors (Lipinski definition) is 0. The van der Waals surface area contributed by atoms with Crippen molar-refractivity contribution >= 4 is 5.97 Å². The molecule has 2 atom stereocenters. The highest BCUT2D eigenvalue weighted by Crippen LogP contribution is 2.27. The lowest BCUT2D eigenvalue weighted by atomic mass is 9.83. The lowest BCUT2D eigenvalue weighted by molar-refractivity contribution is -0.137. The molecule has 0 heterocycles. The molecule has 0 spiro atoms. The Morgan fingerprint density at radius 3 is 2.43 bits per heavy atom. The maximum absolute atomic E-state index is 11.4. The number of rotatable bonds is 13. The lowest BCUT2D eigenvalue weighted by Crippen LogP contribution is -2.12. The van der Waals surface area contributed by atoms with Gasteiger partial charge in [-0.25, -0.2) is 4.79 Å². The van der Waals surface area contributed by atoms with Gasteiger partial charge in [0, 0.05) is 6.08 Å². The molecule has 0 amide bonds. The molecule has 0 aliphatic carbocycles. The molecule has 0 aromatic heterocycles. The minimum atomic E-state index is -0.226. The van der Waals surface area contributed by atoms with Crippen molar-refractivity contribution in [3.63, 3.8) is 0 Å². The van der Waals surface area contributed by atoms with Crippen LogP contribution in [0.25, 0.3) is 0 Å². The van der Waals surface area contributed by atoms with E-state index in [0.29, 0.717) is 18.4 Å². The number of hydrogen-bond acceptors (Lipinski definition) is 2. The molecule has 0 aromatic carbocycles. The van der Waals surface area contributed by atoms with Crippen LogP contribution in [-0.2, 0) is 9.53 Å². The average molecular weight is 294 g/mol. The molecule has 21 heavy (non-hydrogen) atoms. The second kappa shape index (κ2) is 13.9. The Balaban J connectivity index is 4.35. The highest BCUT2D eigenvalue weighted by atomic mass is 16.5. The van der Waals surface area contributed by atoms with Gasteiger partial charge in [-0.2, -0.15) is 0 Å². The first-order valence-electron chi connectivity index (χ1n) is 8.65. The minimum Gasteiger partial charge on any atom is -0.463 e. The van der Waals surface area contributed by atoms with Crippen molar-refractivity contribution in [1.29, 1.82) is 0 Å². The molecule has 0 bridgehead atoms. The third-order valence-electron chi connectivity index (χ3n) is 3.99. The highest BCUT2D eigenvalue weighted by molar-refractivity contribution is 5.81. The molecule has 0 fully saturated rings. The van der Waals surface area contributed by atoms with Crippen LogP contribution in [0.4, 0.5) is 0 Å². The third kappa shape index (κ3) is 10.3. The molecule has 0 saturated carbocycles. The van der Waals surface area contributed by atoms with E-state index in [0.717, 1.165) is 12.8 Å². The summed E-state index contributed by atoms with van der Waals surface area (Å²) in [7, 11) is 0. The fourth-order valence-electron chi connectivity index (χ4n) is 2.75. The van der Waals surface area contributed by atoms with E-state index in [4.69, 9.17) is 4.74 Å². The minimum absolute atomic E-state index is 0.226. The zero-order valence-corrected chi connectivity index (χ0v) is 14.3. The molecule has 2 heteroatoms.